The number of carbonyl (C=O) groups is 1. The number of piperazine rings is 2. The van der Waals surface area contributed by atoms with Gasteiger partial charge in [0.25, 0.3) is 5.91 Å². The van der Waals surface area contributed by atoms with Crippen LogP contribution >= 0.6 is 0 Å². The van der Waals surface area contributed by atoms with Crippen LogP contribution in [-0.4, -0.2) is 99.2 Å². The van der Waals surface area contributed by atoms with E-state index >= 15 is 0 Å². The van der Waals surface area contributed by atoms with Crippen LogP contribution in [-0.2, 0) is 0 Å². The topological polar surface area (TPSA) is 59.1 Å². The minimum atomic E-state index is 0.0964. The summed E-state index contributed by atoms with van der Waals surface area (Å²) in [5.74, 6) is 2.03. The van der Waals surface area contributed by atoms with Gasteiger partial charge in [-0.05, 0) is 25.2 Å². The van der Waals surface area contributed by atoms with Crippen LogP contribution in [0.25, 0.3) is 0 Å². The van der Waals surface area contributed by atoms with Crippen molar-refractivity contribution in [2.75, 3.05) is 88.2 Å². The Hall–Kier alpha value is -2.87. The fourth-order valence-corrected chi connectivity index (χ4v) is 3.96. The van der Waals surface area contributed by atoms with Gasteiger partial charge >= 0.3 is 0 Å². The van der Waals surface area contributed by atoms with Gasteiger partial charge in [-0.2, -0.15) is 0 Å². The van der Waals surface area contributed by atoms with E-state index in [4.69, 9.17) is 0 Å². The van der Waals surface area contributed by atoms with E-state index in [0.717, 1.165) is 62.2 Å². The third-order valence-corrected chi connectivity index (χ3v) is 5.97. The molecule has 0 atom stereocenters. The highest BCUT2D eigenvalue weighted by molar-refractivity contribution is 5.95. The largest absolute Gasteiger partial charge is 0.378 e. The predicted octanol–water partition coefficient (Wildman–Crippen LogP) is 1.26. The molecule has 1 aromatic carbocycles. The summed E-state index contributed by atoms with van der Waals surface area (Å²) in [7, 11) is 6.13. The highest BCUT2D eigenvalue weighted by Gasteiger charge is 2.24. The molecular weight excluding hydrogens is 378 g/mol. The van der Waals surface area contributed by atoms with Crippen LogP contribution in [0.1, 0.15) is 10.4 Å². The van der Waals surface area contributed by atoms with Crippen molar-refractivity contribution in [1.82, 2.24) is 19.8 Å². The monoisotopic (exact) mass is 409 g/mol. The van der Waals surface area contributed by atoms with Crippen molar-refractivity contribution in [3.63, 3.8) is 0 Å². The average molecular weight is 410 g/mol. The maximum atomic E-state index is 13.0. The van der Waals surface area contributed by atoms with E-state index in [1.165, 1.54) is 0 Å². The minimum absolute atomic E-state index is 0.0964. The number of rotatable bonds is 4. The quantitative estimate of drug-likeness (QED) is 0.753. The summed E-state index contributed by atoms with van der Waals surface area (Å²) in [6, 6.07) is 9.90. The molecule has 2 fully saturated rings. The van der Waals surface area contributed by atoms with E-state index in [9.17, 15) is 4.79 Å². The van der Waals surface area contributed by atoms with Crippen LogP contribution < -0.4 is 14.7 Å². The molecule has 1 amide bonds. The van der Waals surface area contributed by atoms with Crippen molar-refractivity contribution < 1.29 is 4.79 Å². The van der Waals surface area contributed by atoms with Gasteiger partial charge in [-0.3, -0.25) is 4.79 Å². The Morgan fingerprint density at radius 3 is 2.07 bits per heavy atom. The zero-order chi connectivity index (χ0) is 21.1. The molecule has 2 aromatic rings. The number of likely N-dealkylation sites (N-methyl/N-ethyl adjacent to an activating group) is 1. The molecule has 8 nitrogen and oxygen atoms in total. The van der Waals surface area contributed by atoms with E-state index in [2.05, 4.69) is 37.8 Å². The number of amides is 1. The van der Waals surface area contributed by atoms with Gasteiger partial charge in [0.1, 0.15) is 18.0 Å². The Morgan fingerprint density at radius 2 is 1.47 bits per heavy atom. The van der Waals surface area contributed by atoms with Gasteiger partial charge in [0.05, 0.1) is 0 Å². The maximum absolute atomic E-state index is 13.0. The molecule has 0 spiro atoms. The molecular formula is C22H31N7O. The molecule has 0 aliphatic carbocycles. The molecule has 160 valence electrons. The molecule has 0 unspecified atom stereocenters. The molecule has 0 saturated carbocycles. The molecule has 3 heterocycles. The second kappa shape index (κ2) is 8.87. The summed E-state index contributed by atoms with van der Waals surface area (Å²) < 4.78 is 0. The molecule has 1 aromatic heterocycles. The van der Waals surface area contributed by atoms with E-state index in [0.29, 0.717) is 13.1 Å². The summed E-state index contributed by atoms with van der Waals surface area (Å²) >= 11 is 0. The van der Waals surface area contributed by atoms with Crippen molar-refractivity contribution >= 4 is 23.2 Å². The first-order valence-electron chi connectivity index (χ1n) is 10.6. The first kappa shape index (κ1) is 20.4. The number of anilines is 3. The van der Waals surface area contributed by atoms with Gasteiger partial charge in [0.15, 0.2) is 0 Å². The Morgan fingerprint density at radius 1 is 0.867 bits per heavy atom. The summed E-state index contributed by atoms with van der Waals surface area (Å²) in [4.78, 5) is 32.8. The summed E-state index contributed by atoms with van der Waals surface area (Å²) in [6.45, 7) is 7.02. The Kier molecular flexibility index (Phi) is 6.03. The second-order valence-corrected chi connectivity index (χ2v) is 8.25. The van der Waals surface area contributed by atoms with Crippen LogP contribution in [0.15, 0.2) is 36.7 Å². The third-order valence-electron chi connectivity index (χ3n) is 5.97. The Bertz CT molecular complexity index is 871. The smallest absolute Gasteiger partial charge is 0.254 e. The van der Waals surface area contributed by atoms with Gasteiger partial charge in [0.2, 0.25) is 0 Å². The highest BCUT2D eigenvalue weighted by Crippen LogP contribution is 2.21. The van der Waals surface area contributed by atoms with Crippen LogP contribution in [0.4, 0.5) is 17.3 Å². The number of carbonyl (C=O) groups excluding carboxylic acids is 1. The summed E-state index contributed by atoms with van der Waals surface area (Å²) in [5, 5.41) is 0. The number of benzene rings is 1. The van der Waals surface area contributed by atoms with Crippen molar-refractivity contribution in [3.05, 3.63) is 42.2 Å². The normalized spacial score (nSPS) is 17.9. The number of aromatic nitrogens is 2. The lowest BCUT2D eigenvalue weighted by Crippen LogP contribution is -2.49. The SMILES string of the molecule is CN1CCN(c2cc(N3CCN(C(=O)c4cccc(N(C)C)c4)CC3)ncn2)CC1. The lowest BCUT2D eigenvalue weighted by molar-refractivity contribution is 0.0746. The highest BCUT2D eigenvalue weighted by atomic mass is 16.2. The second-order valence-electron chi connectivity index (χ2n) is 8.25. The standard InChI is InChI=1S/C22H31N7O/c1-25(2)19-6-4-5-18(15-19)22(30)29-13-11-28(12-14-29)21-16-20(23-17-24-21)27-9-7-26(3)8-10-27/h4-6,15-17H,7-14H2,1-3H3. The first-order chi connectivity index (χ1) is 14.5. The Balaban J connectivity index is 1.38. The molecule has 4 rings (SSSR count). The van der Waals surface area contributed by atoms with Crippen LogP contribution in [0.3, 0.4) is 0 Å². The van der Waals surface area contributed by atoms with Gasteiger partial charge in [-0.1, -0.05) is 6.07 Å². The number of hydrogen-bond acceptors (Lipinski definition) is 7. The van der Waals surface area contributed by atoms with Crippen molar-refractivity contribution in [2.24, 2.45) is 0 Å². The fourth-order valence-electron chi connectivity index (χ4n) is 3.96. The first-order valence-corrected chi connectivity index (χ1v) is 10.6. The fraction of sp³-hybridized carbons (Fsp3) is 0.500. The van der Waals surface area contributed by atoms with E-state index in [-0.39, 0.29) is 5.91 Å². The van der Waals surface area contributed by atoms with Gasteiger partial charge in [-0.25, -0.2) is 9.97 Å². The van der Waals surface area contributed by atoms with E-state index < -0.39 is 0 Å². The zero-order valence-electron chi connectivity index (χ0n) is 18.2. The van der Waals surface area contributed by atoms with Gasteiger partial charge < -0.3 is 24.5 Å². The van der Waals surface area contributed by atoms with Crippen molar-refractivity contribution in [1.29, 1.82) is 0 Å². The molecule has 2 aliphatic heterocycles. The van der Waals surface area contributed by atoms with E-state index in [1.54, 1.807) is 6.33 Å². The van der Waals surface area contributed by atoms with Crippen molar-refractivity contribution in [3.8, 4) is 0 Å². The summed E-state index contributed by atoms with van der Waals surface area (Å²) in [5.41, 5.74) is 1.78. The predicted molar refractivity (Wildman–Crippen MR) is 121 cm³/mol. The molecule has 2 aliphatic rings. The van der Waals surface area contributed by atoms with Crippen molar-refractivity contribution in [2.45, 2.75) is 0 Å². The number of hydrogen-bond donors (Lipinski definition) is 0. The molecule has 30 heavy (non-hydrogen) atoms. The lowest BCUT2D eigenvalue weighted by Gasteiger charge is -2.36. The third kappa shape index (κ3) is 4.48. The van der Waals surface area contributed by atoms with Gasteiger partial charge in [-0.15, -0.1) is 0 Å². The van der Waals surface area contributed by atoms with Crippen LogP contribution in [0.2, 0.25) is 0 Å². The zero-order valence-corrected chi connectivity index (χ0v) is 18.2. The average Bonchev–Trinajstić information content (AvgIpc) is 2.79. The Labute approximate surface area is 178 Å². The maximum Gasteiger partial charge on any atom is 0.254 e. The van der Waals surface area contributed by atoms with Gasteiger partial charge in [0, 0.05) is 83.8 Å². The van der Waals surface area contributed by atoms with E-state index in [1.807, 2.05) is 48.2 Å². The molecule has 2 saturated heterocycles. The molecule has 8 heteroatoms. The minimum Gasteiger partial charge on any atom is -0.378 e. The number of nitrogens with zero attached hydrogens (tertiary/aromatic N) is 7. The summed E-state index contributed by atoms with van der Waals surface area (Å²) in [6.07, 6.45) is 1.66. The molecule has 0 radical (unpaired) electrons. The van der Waals surface area contributed by atoms with Crippen LogP contribution in [0, 0.1) is 0 Å². The molecule has 0 bridgehead atoms. The van der Waals surface area contributed by atoms with Crippen LogP contribution in [0.5, 0.6) is 0 Å². The molecule has 0 N–H and O–H groups in total. The lowest BCUT2D eigenvalue weighted by atomic mass is 10.1.